The van der Waals surface area contributed by atoms with Crippen LogP contribution in [0.2, 0.25) is 0 Å². The Labute approximate surface area is 131 Å². The first kappa shape index (κ1) is 15.1. The van der Waals surface area contributed by atoms with E-state index >= 15 is 0 Å². The smallest absolute Gasteiger partial charge is 0.251 e. The highest BCUT2D eigenvalue weighted by atomic mass is 32.1. The second kappa shape index (κ2) is 5.44. The fourth-order valence-corrected chi connectivity index (χ4v) is 2.81. The predicted molar refractivity (Wildman–Crippen MR) is 75.2 cm³/mol. The summed E-state index contributed by atoms with van der Waals surface area (Å²) in [4.78, 5) is 8.53. The molecule has 0 spiro atoms. The summed E-state index contributed by atoms with van der Waals surface area (Å²) in [5, 5.41) is 19.4. The van der Waals surface area contributed by atoms with Crippen LogP contribution in [0.15, 0.2) is 18.3 Å². The first-order chi connectivity index (χ1) is 10.9. The summed E-state index contributed by atoms with van der Waals surface area (Å²) in [5.41, 5.74) is 0.385. The van der Waals surface area contributed by atoms with Crippen molar-refractivity contribution in [1.29, 1.82) is 5.26 Å². The van der Waals surface area contributed by atoms with Crippen LogP contribution >= 0.6 is 11.3 Å². The number of nitriles is 1. The van der Waals surface area contributed by atoms with Crippen molar-refractivity contribution < 1.29 is 13.2 Å². The molecule has 6 nitrogen and oxygen atoms in total. The minimum atomic E-state index is -4.48. The molecule has 10 heteroatoms. The molecule has 23 heavy (non-hydrogen) atoms. The average molecular weight is 336 g/mol. The second-order valence-electron chi connectivity index (χ2n) is 4.49. The summed E-state index contributed by atoms with van der Waals surface area (Å²) in [6, 6.07) is 4.11. The molecular weight excluding hydrogens is 329 g/mol. The zero-order valence-electron chi connectivity index (χ0n) is 11.5. The number of thiazole rings is 1. The minimum absolute atomic E-state index is 0.107. The van der Waals surface area contributed by atoms with Gasteiger partial charge in [0.25, 0.3) is 0 Å². The molecule has 0 saturated carbocycles. The number of hydrogen-bond acceptors (Lipinski definition) is 6. The predicted octanol–water partition coefficient (Wildman–Crippen LogP) is 3.19. The topological polar surface area (TPSA) is 91.1 Å². The van der Waals surface area contributed by atoms with Crippen molar-refractivity contribution in [2.24, 2.45) is 0 Å². The van der Waals surface area contributed by atoms with Crippen LogP contribution in [-0.2, 0) is 6.18 Å². The molecular formula is C13H7F3N6S. The lowest BCUT2D eigenvalue weighted by Gasteiger charge is -2.05. The molecule has 0 aliphatic rings. The molecule has 1 N–H and O–H groups in total. The Balaban J connectivity index is 2.00. The number of rotatable bonds is 2. The van der Waals surface area contributed by atoms with Crippen LogP contribution in [0, 0.1) is 18.3 Å². The first-order valence-corrected chi connectivity index (χ1v) is 7.04. The number of aromatic nitrogens is 5. The Hall–Kier alpha value is -2.80. The third-order valence-corrected chi connectivity index (χ3v) is 4.00. The van der Waals surface area contributed by atoms with Crippen molar-refractivity contribution in [3.63, 3.8) is 0 Å². The molecule has 0 saturated heterocycles. The highest BCUT2D eigenvalue weighted by Crippen LogP contribution is 2.34. The number of alkyl halides is 3. The summed E-state index contributed by atoms with van der Waals surface area (Å²) in [7, 11) is 0. The van der Waals surface area contributed by atoms with Crippen molar-refractivity contribution in [2.75, 3.05) is 0 Å². The van der Waals surface area contributed by atoms with Gasteiger partial charge in [-0.05, 0) is 19.1 Å². The molecule has 3 rings (SSSR count). The summed E-state index contributed by atoms with van der Waals surface area (Å²) in [6.45, 7) is 1.78. The molecule has 0 atom stereocenters. The molecule has 3 aromatic heterocycles. The Morgan fingerprint density at radius 2 is 2.00 bits per heavy atom. The lowest BCUT2D eigenvalue weighted by molar-refractivity contribution is -0.141. The van der Waals surface area contributed by atoms with Crippen molar-refractivity contribution in [2.45, 2.75) is 13.1 Å². The molecule has 0 aromatic carbocycles. The fourth-order valence-electron chi connectivity index (χ4n) is 1.90. The van der Waals surface area contributed by atoms with Gasteiger partial charge in [0.1, 0.15) is 22.5 Å². The molecule has 0 aliphatic heterocycles. The molecule has 3 aromatic rings. The zero-order chi connectivity index (χ0) is 16.6. The molecule has 0 unspecified atom stereocenters. The Bertz CT molecular complexity index is 888. The fraction of sp³-hybridized carbons (Fsp3) is 0.154. The summed E-state index contributed by atoms with van der Waals surface area (Å²) < 4.78 is 37.6. The Morgan fingerprint density at radius 3 is 2.61 bits per heavy atom. The van der Waals surface area contributed by atoms with Crippen LogP contribution in [0.3, 0.4) is 0 Å². The maximum absolute atomic E-state index is 12.5. The largest absolute Gasteiger partial charge is 0.433 e. The van der Waals surface area contributed by atoms with E-state index in [1.165, 1.54) is 17.4 Å². The number of aryl methyl sites for hydroxylation is 1. The number of H-pyrrole nitrogens is 1. The maximum Gasteiger partial charge on any atom is 0.433 e. The quantitative estimate of drug-likeness (QED) is 0.776. The van der Waals surface area contributed by atoms with E-state index in [-0.39, 0.29) is 5.69 Å². The summed E-state index contributed by atoms with van der Waals surface area (Å²) >= 11 is 1.27. The minimum Gasteiger partial charge on any atom is -0.251 e. The van der Waals surface area contributed by atoms with Gasteiger partial charge in [-0.25, -0.2) is 4.98 Å². The number of pyridine rings is 1. The number of nitrogens with zero attached hydrogens (tertiary/aromatic N) is 5. The number of hydrogen-bond donors (Lipinski definition) is 1. The molecule has 0 radical (unpaired) electrons. The average Bonchev–Trinajstić information content (AvgIpc) is 3.12. The molecule has 3 heterocycles. The lowest BCUT2D eigenvalue weighted by atomic mass is 10.2. The molecule has 0 fully saturated rings. The van der Waals surface area contributed by atoms with Gasteiger partial charge in [0.05, 0.1) is 0 Å². The van der Waals surface area contributed by atoms with Gasteiger partial charge >= 0.3 is 6.18 Å². The van der Waals surface area contributed by atoms with Crippen molar-refractivity contribution in [3.05, 3.63) is 34.6 Å². The number of nitrogens with one attached hydrogen (secondary N) is 1. The third kappa shape index (κ3) is 2.78. The van der Waals surface area contributed by atoms with Gasteiger partial charge in [0, 0.05) is 16.6 Å². The number of halogens is 3. The van der Waals surface area contributed by atoms with Crippen LogP contribution in [0.25, 0.3) is 22.0 Å². The van der Waals surface area contributed by atoms with Crippen LogP contribution in [0.5, 0.6) is 0 Å². The van der Waals surface area contributed by atoms with Gasteiger partial charge in [-0.15, -0.1) is 16.4 Å². The Kier molecular flexibility index (Phi) is 3.57. The maximum atomic E-state index is 12.5. The van der Waals surface area contributed by atoms with E-state index in [4.69, 9.17) is 5.26 Å². The molecule has 0 amide bonds. The molecule has 0 aliphatic carbocycles. The SMILES string of the molecule is Cc1sc(-c2ccc(C(F)(F)F)nc2)nc1-c1n[nH]nc1C#N. The van der Waals surface area contributed by atoms with E-state index < -0.39 is 11.9 Å². The van der Waals surface area contributed by atoms with Gasteiger partial charge < -0.3 is 0 Å². The second-order valence-corrected chi connectivity index (χ2v) is 5.69. The van der Waals surface area contributed by atoms with Crippen LogP contribution < -0.4 is 0 Å². The lowest BCUT2D eigenvalue weighted by Crippen LogP contribution is -2.07. The highest BCUT2D eigenvalue weighted by molar-refractivity contribution is 7.15. The zero-order valence-corrected chi connectivity index (χ0v) is 12.3. The van der Waals surface area contributed by atoms with E-state index in [0.29, 0.717) is 22.0 Å². The standard InChI is InChI=1S/C13H7F3N6S/c1-6-10(11-8(4-17)20-22-21-11)19-12(23-6)7-2-3-9(18-5-7)13(14,15)16/h2-3,5H,1H3,(H,20,21,22). The van der Waals surface area contributed by atoms with E-state index in [0.717, 1.165) is 17.1 Å². The summed E-state index contributed by atoms with van der Waals surface area (Å²) in [5.74, 6) is 0. The molecule has 0 bridgehead atoms. The normalized spacial score (nSPS) is 11.4. The van der Waals surface area contributed by atoms with E-state index in [1.54, 1.807) is 6.92 Å². The van der Waals surface area contributed by atoms with E-state index in [2.05, 4.69) is 25.4 Å². The van der Waals surface area contributed by atoms with Crippen molar-refractivity contribution >= 4 is 11.3 Å². The van der Waals surface area contributed by atoms with E-state index in [9.17, 15) is 13.2 Å². The van der Waals surface area contributed by atoms with Crippen LogP contribution in [-0.4, -0.2) is 25.4 Å². The first-order valence-electron chi connectivity index (χ1n) is 6.22. The summed E-state index contributed by atoms with van der Waals surface area (Å²) in [6.07, 6.45) is -3.36. The van der Waals surface area contributed by atoms with Gasteiger partial charge in [-0.3, -0.25) is 4.98 Å². The third-order valence-electron chi connectivity index (χ3n) is 2.98. The van der Waals surface area contributed by atoms with Crippen LogP contribution in [0.1, 0.15) is 16.3 Å². The van der Waals surface area contributed by atoms with Crippen molar-refractivity contribution in [3.8, 4) is 28.0 Å². The number of aromatic amines is 1. The van der Waals surface area contributed by atoms with Gasteiger partial charge in [-0.2, -0.15) is 28.7 Å². The van der Waals surface area contributed by atoms with Crippen molar-refractivity contribution in [1.82, 2.24) is 25.4 Å². The highest BCUT2D eigenvalue weighted by Gasteiger charge is 2.32. The Morgan fingerprint density at radius 1 is 1.22 bits per heavy atom. The van der Waals surface area contributed by atoms with Gasteiger partial charge in [0.15, 0.2) is 11.4 Å². The van der Waals surface area contributed by atoms with Gasteiger partial charge in [-0.1, -0.05) is 0 Å². The van der Waals surface area contributed by atoms with Gasteiger partial charge in [0.2, 0.25) is 0 Å². The monoisotopic (exact) mass is 336 g/mol. The van der Waals surface area contributed by atoms with E-state index in [1.807, 2.05) is 6.07 Å². The molecule has 116 valence electrons. The van der Waals surface area contributed by atoms with Crippen LogP contribution in [0.4, 0.5) is 13.2 Å².